The Morgan fingerprint density at radius 3 is 2.54 bits per heavy atom. The van der Waals surface area contributed by atoms with Crippen LogP contribution in [0.3, 0.4) is 0 Å². The fourth-order valence-corrected chi connectivity index (χ4v) is 2.67. The molecule has 0 nitrogen and oxygen atoms in total. The van der Waals surface area contributed by atoms with Crippen molar-refractivity contribution in [1.82, 2.24) is 0 Å². The molecule has 0 radical (unpaired) electrons. The first-order chi connectivity index (χ1) is 6.03. The highest BCUT2D eigenvalue weighted by molar-refractivity contribution is 7.10. The van der Waals surface area contributed by atoms with Crippen molar-refractivity contribution in [2.45, 2.75) is 40.0 Å². The molecule has 74 valence electrons. The molecule has 0 bridgehead atoms. The summed E-state index contributed by atoms with van der Waals surface area (Å²) in [5.74, 6) is 0. The molecule has 2 heteroatoms. The van der Waals surface area contributed by atoms with Crippen LogP contribution in [-0.4, -0.2) is 0 Å². The molecule has 0 aliphatic heterocycles. The minimum absolute atomic E-state index is 0.0673. The van der Waals surface area contributed by atoms with E-state index in [0.29, 0.717) is 5.41 Å². The van der Waals surface area contributed by atoms with Gasteiger partial charge >= 0.3 is 0 Å². The van der Waals surface area contributed by atoms with E-state index < -0.39 is 0 Å². The monoisotopic (exact) mass is 200 g/mol. The molecule has 0 spiro atoms. The van der Waals surface area contributed by atoms with E-state index in [1.165, 1.54) is 24.2 Å². The largest absolute Gasteiger partial charge is 0.195 e. The lowest BCUT2D eigenvalue weighted by atomic mass is 9.84. The highest BCUT2D eigenvalue weighted by atomic mass is 32.1. The van der Waals surface area contributed by atoms with Crippen molar-refractivity contribution in [1.29, 1.82) is 0 Å². The number of rotatable bonds is 4. The highest BCUT2D eigenvalue weighted by Gasteiger charge is 2.18. The van der Waals surface area contributed by atoms with Gasteiger partial charge in [0.25, 0.3) is 0 Å². The lowest BCUT2D eigenvalue weighted by Crippen LogP contribution is -2.13. The molecular weight excluding hydrogens is 183 g/mol. The third kappa shape index (κ3) is 3.47. The van der Waals surface area contributed by atoms with Gasteiger partial charge in [0.05, 0.1) is 0 Å². The molecule has 1 rings (SSSR count). The zero-order valence-electron chi connectivity index (χ0n) is 8.56. The predicted molar refractivity (Wildman–Crippen MR) is 56.7 cm³/mol. The van der Waals surface area contributed by atoms with Crippen LogP contribution in [-0.2, 0) is 6.42 Å². The first-order valence-corrected chi connectivity index (χ1v) is 5.59. The predicted octanol–water partition coefficient (Wildman–Crippen LogP) is 4.26. The van der Waals surface area contributed by atoms with Crippen LogP contribution in [0.4, 0.5) is 4.39 Å². The molecule has 0 aromatic carbocycles. The van der Waals surface area contributed by atoms with Crippen molar-refractivity contribution in [3.05, 3.63) is 22.1 Å². The third-order valence-corrected chi connectivity index (χ3v) is 3.08. The quantitative estimate of drug-likeness (QED) is 0.681. The Bertz CT molecular complexity index is 263. The lowest BCUT2D eigenvalue weighted by Gasteiger charge is -2.22. The van der Waals surface area contributed by atoms with Crippen LogP contribution in [0.15, 0.2) is 12.1 Å². The average Bonchev–Trinajstić information content (AvgIpc) is 2.34. The molecular formula is C11H17FS. The first-order valence-electron chi connectivity index (χ1n) is 4.78. The van der Waals surface area contributed by atoms with Crippen molar-refractivity contribution in [2.75, 3.05) is 0 Å². The standard InChI is InChI=1S/C11H17FS/c1-4-7-11(2,3)8-9-5-6-10(12)13-9/h5-6H,4,7-8H2,1-3H3. The number of hydrogen-bond acceptors (Lipinski definition) is 1. The molecule has 0 aliphatic rings. The summed E-state index contributed by atoms with van der Waals surface area (Å²) in [6, 6.07) is 3.46. The van der Waals surface area contributed by atoms with Crippen LogP contribution in [0.5, 0.6) is 0 Å². The summed E-state index contributed by atoms with van der Waals surface area (Å²) in [4.78, 5) is 1.16. The molecule has 0 saturated carbocycles. The maximum Gasteiger partial charge on any atom is 0.176 e. The van der Waals surface area contributed by atoms with Gasteiger partial charge < -0.3 is 0 Å². The van der Waals surface area contributed by atoms with Gasteiger partial charge in [-0.05, 0) is 30.4 Å². The Morgan fingerprint density at radius 2 is 2.08 bits per heavy atom. The summed E-state index contributed by atoms with van der Waals surface area (Å²) >= 11 is 1.27. The summed E-state index contributed by atoms with van der Waals surface area (Å²) in [5.41, 5.74) is 0.312. The zero-order valence-corrected chi connectivity index (χ0v) is 9.38. The molecule has 1 aromatic rings. The van der Waals surface area contributed by atoms with Crippen LogP contribution in [0.1, 0.15) is 38.5 Å². The minimum Gasteiger partial charge on any atom is -0.195 e. The Morgan fingerprint density at radius 1 is 1.38 bits per heavy atom. The van der Waals surface area contributed by atoms with E-state index in [0.717, 1.165) is 11.3 Å². The molecule has 0 atom stereocenters. The second kappa shape index (κ2) is 4.23. The molecule has 1 heterocycles. The van der Waals surface area contributed by atoms with E-state index in [-0.39, 0.29) is 5.13 Å². The summed E-state index contributed by atoms with van der Waals surface area (Å²) in [7, 11) is 0. The summed E-state index contributed by atoms with van der Waals surface area (Å²) in [6.07, 6.45) is 3.39. The molecule has 1 aromatic heterocycles. The molecule has 13 heavy (non-hydrogen) atoms. The van der Waals surface area contributed by atoms with Crippen molar-refractivity contribution in [3.63, 3.8) is 0 Å². The van der Waals surface area contributed by atoms with Crippen molar-refractivity contribution < 1.29 is 4.39 Å². The van der Waals surface area contributed by atoms with Gasteiger partial charge in [0.1, 0.15) is 0 Å². The maximum absolute atomic E-state index is 12.7. The van der Waals surface area contributed by atoms with E-state index in [1.54, 1.807) is 6.07 Å². The van der Waals surface area contributed by atoms with Crippen LogP contribution in [0, 0.1) is 10.5 Å². The fraction of sp³-hybridized carbons (Fsp3) is 0.636. The van der Waals surface area contributed by atoms with Gasteiger partial charge in [0.2, 0.25) is 0 Å². The van der Waals surface area contributed by atoms with Crippen LogP contribution in [0.2, 0.25) is 0 Å². The summed E-state index contributed by atoms with van der Waals surface area (Å²) in [5, 5.41) is -0.0673. The average molecular weight is 200 g/mol. The van der Waals surface area contributed by atoms with Gasteiger partial charge in [0, 0.05) is 4.88 Å². The van der Waals surface area contributed by atoms with E-state index in [4.69, 9.17) is 0 Å². The van der Waals surface area contributed by atoms with Gasteiger partial charge in [0.15, 0.2) is 5.13 Å². The highest BCUT2D eigenvalue weighted by Crippen LogP contribution is 2.29. The number of hydrogen-bond donors (Lipinski definition) is 0. The van der Waals surface area contributed by atoms with Gasteiger partial charge in [-0.2, -0.15) is 4.39 Å². The van der Waals surface area contributed by atoms with Gasteiger partial charge in [-0.3, -0.25) is 0 Å². The Hall–Kier alpha value is -0.370. The van der Waals surface area contributed by atoms with E-state index >= 15 is 0 Å². The SMILES string of the molecule is CCCC(C)(C)Cc1ccc(F)s1. The van der Waals surface area contributed by atoms with Gasteiger partial charge in [-0.15, -0.1) is 11.3 Å². The normalized spacial score (nSPS) is 12.0. The molecule has 0 saturated heterocycles. The number of thiophene rings is 1. The van der Waals surface area contributed by atoms with Crippen LogP contribution < -0.4 is 0 Å². The van der Waals surface area contributed by atoms with Gasteiger partial charge in [-0.1, -0.05) is 27.2 Å². The molecule has 0 N–H and O–H groups in total. The van der Waals surface area contributed by atoms with Gasteiger partial charge in [-0.25, -0.2) is 0 Å². The fourth-order valence-electron chi connectivity index (χ4n) is 1.68. The molecule has 0 unspecified atom stereocenters. The molecule has 0 fully saturated rings. The molecule has 0 amide bonds. The molecule has 0 aliphatic carbocycles. The lowest BCUT2D eigenvalue weighted by molar-refractivity contribution is 0.331. The summed E-state index contributed by atoms with van der Waals surface area (Å²) in [6.45, 7) is 6.68. The van der Waals surface area contributed by atoms with Crippen molar-refractivity contribution in [3.8, 4) is 0 Å². The Kier molecular flexibility index (Phi) is 3.48. The number of halogens is 1. The second-order valence-corrected chi connectivity index (χ2v) is 5.42. The Balaban J connectivity index is 2.57. The van der Waals surface area contributed by atoms with Crippen LogP contribution in [0.25, 0.3) is 0 Å². The van der Waals surface area contributed by atoms with Crippen molar-refractivity contribution >= 4 is 11.3 Å². The zero-order chi connectivity index (χ0) is 9.90. The Labute approximate surface area is 83.8 Å². The third-order valence-electron chi connectivity index (χ3n) is 2.21. The van der Waals surface area contributed by atoms with E-state index in [1.807, 2.05) is 6.07 Å². The smallest absolute Gasteiger partial charge is 0.176 e. The first kappa shape index (κ1) is 10.7. The summed E-state index contributed by atoms with van der Waals surface area (Å²) < 4.78 is 12.7. The van der Waals surface area contributed by atoms with E-state index in [2.05, 4.69) is 20.8 Å². The van der Waals surface area contributed by atoms with Crippen LogP contribution >= 0.6 is 11.3 Å². The van der Waals surface area contributed by atoms with Crippen molar-refractivity contribution in [2.24, 2.45) is 5.41 Å². The van der Waals surface area contributed by atoms with E-state index in [9.17, 15) is 4.39 Å². The topological polar surface area (TPSA) is 0 Å². The second-order valence-electron chi connectivity index (χ2n) is 4.30. The maximum atomic E-state index is 12.7. The minimum atomic E-state index is -0.0673.